The summed E-state index contributed by atoms with van der Waals surface area (Å²) in [5, 5.41) is 8.92. The molecule has 0 saturated carbocycles. The van der Waals surface area contributed by atoms with Crippen molar-refractivity contribution in [3.63, 3.8) is 0 Å². The van der Waals surface area contributed by atoms with E-state index in [0.29, 0.717) is 12.4 Å². The zero-order chi connectivity index (χ0) is 13.8. The Morgan fingerprint density at radius 2 is 2.06 bits per heavy atom. The van der Waals surface area contributed by atoms with E-state index in [9.17, 15) is 4.79 Å². The maximum Gasteiger partial charge on any atom is 0.335 e. The van der Waals surface area contributed by atoms with Gasteiger partial charge in [0.1, 0.15) is 5.75 Å². The molecule has 0 heterocycles. The van der Waals surface area contributed by atoms with Gasteiger partial charge in [0.15, 0.2) is 0 Å². The predicted molar refractivity (Wildman–Crippen MR) is 69.3 cm³/mol. The molecule has 0 aromatic heterocycles. The molecule has 0 atom stereocenters. The number of hydrogen-bond acceptors (Lipinski definition) is 3. The summed E-state index contributed by atoms with van der Waals surface area (Å²) in [7, 11) is 1.66. The van der Waals surface area contributed by atoms with Crippen LogP contribution in [-0.4, -0.2) is 30.4 Å². The molecule has 4 nitrogen and oxygen atoms in total. The van der Waals surface area contributed by atoms with Gasteiger partial charge in [0.2, 0.25) is 0 Å². The molecule has 4 heteroatoms. The summed E-state index contributed by atoms with van der Waals surface area (Å²) in [6.07, 6.45) is 0.736. The SMILES string of the molecule is COC(C)(C)CCOc1cc(C(=O)O)ccc1C. The second-order valence-corrected chi connectivity index (χ2v) is 4.85. The molecule has 0 bridgehead atoms. The highest BCUT2D eigenvalue weighted by Gasteiger charge is 2.16. The quantitative estimate of drug-likeness (QED) is 0.845. The van der Waals surface area contributed by atoms with Crippen LogP contribution in [0.4, 0.5) is 0 Å². The summed E-state index contributed by atoms with van der Waals surface area (Å²) in [4.78, 5) is 10.9. The van der Waals surface area contributed by atoms with Crippen molar-refractivity contribution < 1.29 is 19.4 Å². The number of carboxylic acid groups (broad SMARTS) is 1. The summed E-state index contributed by atoms with van der Waals surface area (Å²) < 4.78 is 10.9. The number of carboxylic acids is 1. The van der Waals surface area contributed by atoms with E-state index in [0.717, 1.165) is 12.0 Å². The molecule has 0 amide bonds. The second kappa shape index (κ2) is 5.87. The summed E-state index contributed by atoms with van der Waals surface area (Å²) in [6.45, 7) is 6.35. The summed E-state index contributed by atoms with van der Waals surface area (Å²) in [6, 6.07) is 4.88. The minimum absolute atomic E-state index is 0.238. The van der Waals surface area contributed by atoms with E-state index < -0.39 is 5.97 Å². The van der Waals surface area contributed by atoms with Gasteiger partial charge in [0, 0.05) is 13.5 Å². The first-order valence-corrected chi connectivity index (χ1v) is 5.87. The molecular weight excluding hydrogens is 232 g/mol. The van der Waals surface area contributed by atoms with Crippen molar-refractivity contribution in [2.45, 2.75) is 32.8 Å². The molecule has 1 rings (SSSR count). The Bertz CT molecular complexity index is 424. The highest BCUT2D eigenvalue weighted by atomic mass is 16.5. The molecule has 0 aliphatic heterocycles. The molecule has 0 fully saturated rings. The number of benzene rings is 1. The number of rotatable bonds is 6. The third-order valence-electron chi connectivity index (χ3n) is 2.95. The van der Waals surface area contributed by atoms with Gasteiger partial charge in [-0.15, -0.1) is 0 Å². The van der Waals surface area contributed by atoms with Gasteiger partial charge in [-0.3, -0.25) is 0 Å². The lowest BCUT2D eigenvalue weighted by Crippen LogP contribution is -2.25. The molecule has 0 spiro atoms. The highest BCUT2D eigenvalue weighted by Crippen LogP contribution is 2.21. The Balaban J connectivity index is 2.67. The monoisotopic (exact) mass is 252 g/mol. The third-order valence-corrected chi connectivity index (χ3v) is 2.95. The molecule has 1 aromatic rings. The Morgan fingerprint density at radius 3 is 2.61 bits per heavy atom. The molecule has 100 valence electrons. The normalized spacial score (nSPS) is 11.3. The molecule has 18 heavy (non-hydrogen) atoms. The van der Waals surface area contributed by atoms with Gasteiger partial charge in [0.25, 0.3) is 0 Å². The van der Waals surface area contributed by atoms with Crippen molar-refractivity contribution in [2.75, 3.05) is 13.7 Å². The van der Waals surface area contributed by atoms with Crippen molar-refractivity contribution in [1.82, 2.24) is 0 Å². The first-order chi connectivity index (χ1) is 8.35. The van der Waals surface area contributed by atoms with Crippen molar-refractivity contribution in [2.24, 2.45) is 0 Å². The minimum Gasteiger partial charge on any atom is -0.493 e. The largest absolute Gasteiger partial charge is 0.493 e. The van der Waals surface area contributed by atoms with Crippen molar-refractivity contribution in [3.8, 4) is 5.75 Å². The molecule has 0 unspecified atom stereocenters. The topological polar surface area (TPSA) is 55.8 Å². The van der Waals surface area contributed by atoms with Crippen LogP contribution < -0.4 is 4.74 Å². The van der Waals surface area contributed by atoms with E-state index in [1.165, 1.54) is 0 Å². The van der Waals surface area contributed by atoms with Gasteiger partial charge in [-0.25, -0.2) is 4.79 Å². The Morgan fingerprint density at radius 1 is 1.39 bits per heavy atom. The minimum atomic E-state index is -0.947. The van der Waals surface area contributed by atoms with E-state index in [1.807, 2.05) is 20.8 Å². The van der Waals surface area contributed by atoms with Crippen LogP contribution in [0.3, 0.4) is 0 Å². The first kappa shape index (κ1) is 14.5. The highest BCUT2D eigenvalue weighted by molar-refractivity contribution is 5.88. The Kier molecular flexibility index (Phi) is 4.73. The molecule has 1 N–H and O–H groups in total. The first-order valence-electron chi connectivity index (χ1n) is 5.87. The zero-order valence-electron chi connectivity index (χ0n) is 11.3. The lowest BCUT2D eigenvalue weighted by Gasteiger charge is -2.23. The van der Waals surface area contributed by atoms with E-state index >= 15 is 0 Å². The molecular formula is C14H20O4. The van der Waals surface area contributed by atoms with Gasteiger partial charge < -0.3 is 14.6 Å². The fourth-order valence-corrected chi connectivity index (χ4v) is 1.40. The van der Waals surface area contributed by atoms with E-state index in [4.69, 9.17) is 14.6 Å². The van der Waals surface area contributed by atoms with Crippen LogP contribution in [0.2, 0.25) is 0 Å². The van der Waals surface area contributed by atoms with E-state index in [1.54, 1.807) is 25.3 Å². The van der Waals surface area contributed by atoms with Gasteiger partial charge in [-0.1, -0.05) is 6.07 Å². The summed E-state index contributed by atoms with van der Waals surface area (Å²) in [5.41, 5.74) is 0.926. The third kappa shape index (κ3) is 4.04. The van der Waals surface area contributed by atoms with Crippen molar-refractivity contribution in [1.29, 1.82) is 0 Å². The average Bonchev–Trinajstić information content (AvgIpc) is 2.31. The number of hydrogen-bond donors (Lipinski definition) is 1. The van der Waals surface area contributed by atoms with Crippen LogP contribution in [0.5, 0.6) is 5.75 Å². The van der Waals surface area contributed by atoms with Crippen LogP contribution >= 0.6 is 0 Å². The molecule has 0 saturated heterocycles. The number of carbonyl (C=O) groups is 1. The zero-order valence-corrected chi connectivity index (χ0v) is 11.3. The van der Waals surface area contributed by atoms with Gasteiger partial charge in [0.05, 0.1) is 17.8 Å². The van der Waals surface area contributed by atoms with Crippen molar-refractivity contribution >= 4 is 5.97 Å². The molecule has 0 radical (unpaired) electrons. The molecule has 0 aliphatic carbocycles. The predicted octanol–water partition coefficient (Wildman–Crippen LogP) is 2.89. The van der Waals surface area contributed by atoms with Crippen LogP contribution in [0.25, 0.3) is 0 Å². The second-order valence-electron chi connectivity index (χ2n) is 4.85. The number of methoxy groups -OCH3 is 1. The summed E-state index contributed by atoms with van der Waals surface area (Å²) >= 11 is 0. The van der Waals surface area contributed by atoms with Gasteiger partial charge >= 0.3 is 5.97 Å². The standard InChI is InChI=1S/C14H20O4/c1-10-5-6-11(13(15)16)9-12(10)18-8-7-14(2,3)17-4/h5-6,9H,7-8H2,1-4H3,(H,15,16). The maximum absolute atomic E-state index is 10.9. The fourth-order valence-electron chi connectivity index (χ4n) is 1.40. The van der Waals surface area contributed by atoms with Gasteiger partial charge in [-0.2, -0.15) is 0 Å². The lowest BCUT2D eigenvalue weighted by molar-refractivity contribution is 0.00537. The van der Waals surface area contributed by atoms with E-state index in [-0.39, 0.29) is 11.2 Å². The number of ether oxygens (including phenoxy) is 2. The Labute approximate surface area is 108 Å². The smallest absolute Gasteiger partial charge is 0.335 e. The van der Waals surface area contributed by atoms with Crippen LogP contribution in [0.15, 0.2) is 18.2 Å². The summed E-state index contributed by atoms with van der Waals surface area (Å²) in [5.74, 6) is -0.334. The van der Waals surface area contributed by atoms with Crippen LogP contribution in [-0.2, 0) is 4.74 Å². The average molecular weight is 252 g/mol. The number of aryl methyl sites for hydroxylation is 1. The van der Waals surface area contributed by atoms with E-state index in [2.05, 4.69) is 0 Å². The Hall–Kier alpha value is -1.55. The fraction of sp³-hybridized carbons (Fsp3) is 0.500. The lowest BCUT2D eigenvalue weighted by atomic mass is 10.1. The molecule has 1 aromatic carbocycles. The molecule has 0 aliphatic rings. The van der Waals surface area contributed by atoms with Crippen molar-refractivity contribution in [3.05, 3.63) is 29.3 Å². The number of aromatic carboxylic acids is 1. The van der Waals surface area contributed by atoms with Gasteiger partial charge in [-0.05, 0) is 38.5 Å². The van der Waals surface area contributed by atoms with Crippen LogP contribution in [0.1, 0.15) is 36.2 Å². The maximum atomic E-state index is 10.9. The van der Waals surface area contributed by atoms with Crippen LogP contribution in [0, 0.1) is 6.92 Å².